The summed E-state index contributed by atoms with van der Waals surface area (Å²) in [5.74, 6) is -0.665. The fourth-order valence-corrected chi connectivity index (χ4v) is 5.96. The van der Waals surface area contributed by atoms with Crippen molar-refractivity contribution in [3.8, 4) is 0 Å². The van der Waals surface area contributed by atoms with E-state index in [1.165, 1.54) is 11.0 Å². The Hall–Kier alpha value is -3.76. The zero-order valence-corrected chi connectivity index (χ0v) is 22.9. The number of hydrogen-bond donors (Lipinski definition) is 3. The summed E-state index contributed by atoms with van der Waals surface area (Å²) in [5, 5.41) is 9.31. The van der Waals surface area contributed by atoms with Crippen LogP contribution >= 0.6 is 0 Å². The van der Waals surface area contributed by atoms with Gasteiger partial charge in [-0.25, -0.2) is 13.1 Å². The summed E-state index contributed by atoms with van der Waals surface area (Å²) >= 11 is 0. The molecule has 0 aliphatic carbocycles. The van der Waals surface area contributed by atoms with E-state index in [2.05, 4.69) is 4.72 Å². The second-order valence-corrected chi connectivity index (χ2v) is 11.5. The van der Waals surface area contributed by atoms with Crippen LogP contribution in [0.4, 0.5) is 0 Å². The molecule has 4 N–H and O–H groups in total. The van der Waals surface area contributed by atoms with Crippen molar-refractivity contribution in [1.29, 1.82) is 5.41 Å². The van der Waals surface area contributed by atoms with Crippen molar-refractivity contribution in [2.75, 3.05) is 26.2 Å². The highest BCUT2D eigenvalue weighted by molar-refractivity contribution is 7.89. The van der Waals surface area contributed by atoms with Crippen molar-refractivity contribution < 1.29 is 18.0 Å². The average molecular weight is 550 g/mol. The number of rotatable bonds is 10. The van der Waals surface area contributed by atoms with Gasteiger partial charge in [0, 0.05) is 31.6 Å². The third kappa shape index (κ3) is 6.82. The maximum absolute atomic E-state index is 13.7. The molecule has 0 bridgehead atoms. The molecular formula is C29H35N5O4S. The summed E-state index contributed by atoms with van der Waals surface area (Å²) in [5.41, 5.74) is 6.96. The number of likely N-dealkylation sites (tertiary alicyclic amines) is 1. The lowest BCUT2D eigenvalue weighted by Gasteiger charge is -2.36. The van der Waals surface area contributed by atoms with Gasteiger partial charge in [-0.05, 0) is 54.7 Å². The standard InChI is InChI=1S/C29H35N5O4S/c1-2-34(27(35)20-32-39(37,38)25-15-14-22-8-4-5-9-24(22)19-25)26(29(36)33-16-6-3-7-17-33)18-21-10-12-23(13-11-21)28(30)31/h4-5,8-15,19,26,32H,2-3,6-7,16-18,20H2,1H3,(H3,30,31)/t26-/m0/s1. The third-order valence-corrected chi connectivity index (χ3v) is 8.53. The first-order chi connectivity index (χ1) is 18.7. The lowest BCUT2D eigenvalue weighted by Crippen LogP contribution is -2.54. The van der Waals surface area contributed by atoms with Crippen molar-refractivity contribution in [2.45, 2.75) is 43.5 Å². The third-order valence-electron chi connectivity index (χ3n) is 7.13. The van der Waals surface area contributed by atoms with Crippen LogP contribution in [0.1, 0.15) is 37.3 Å². The molecule has 1 heterocycles. The number of hydrogen-bond acceptors (Lipinski definition) is 5. The van der Waals surface area contributed by atoms with E-state index in [4.69, 9.17) is 11.1 Å². The topological polar surface area (TPSA) is 137 Å². The maximum Gasteiger partial charge on any atom is 0.245 e. The molecule has 4 rings (SSSR count). The second kappa shape index (κ2) is 12.4. The fraction of sp³-hybridized carbons (Fsp3) is 0.345. The number of sulfonamides is 1. The number of amides is 2. The molecule has 2 amide bonds. The summed E-state index contributed by atoms with van der Waals surface area (Å²) in [4.78, 5) is 30.4. The molecule has 0 unspecified atom stereocenters. The first-order valence-electron chi connectivity index (χ1n) is 13.2. The zero-order valence-electron chi connectivity index (χ0n) is 22.1. The molecule has 1 atom stereocenters. The molecule has 3 aromatic carbocycles. The summed E-state index contributed by atoms with van der Waals surface area (Å²) in [6.07, 6.45) is 3.16. The van der Waals surface area contributed by atoms with Gasteiger partial charge in [-0.1, -0.05) is 54.6 Å². The Morgan fingerprint density at radius 2 is 1.67 bits per heavy atom. The average Bonchev–Trinajstić information content (AvgIpc) is 2.96. The van der Waals surface area contributed by atoms with E-state index in [-0.39, 0.29) is 29.6 Å². The molecule has 0 saturated carbocycles. The molecule has 10 heteroatoms. The summed E-state index contributed by atoms with van der Waals surface area (Å²) in [6, 6.07) is 18.5. The van der Waals surface area contributed by atoms with Crippen molar-refractivity contribution in [3.63, 3.8) is 0 Å². The Labute approximate surface area is 229 Å². The number of likely N-dealkylation sites (N-methyl/N-ethyl adjacent to an activating group) is 1. The van der Waals surface area contributed by atoms with E-state index in [1.807, 2.05) is 24.3 Å². The minimum absolute atomic E-state index is 0.0495. The van der Waals surface area contributed by atoms with Crippen LogP contribution in [-0.4, -0.2) is 68.1 Å². The molecule has 3 aromatic rings. The van der Waals surface area contributed by atoms with Gasteiger partial charge in [-0.3, -0.25) is 15.0 Å². The number of carbonyl (C=O) groups excluding carboxylic acids is 2. The molecule has 1 saturated heterocycles. The van der Waals surface area contributed by atoms with Crippen LogP contribution in [0.15, 0.2) is 71.6 Å². The van der Waals surface area contributed by atoms with Gasteiger partial charge >= 0.3 is 0 Å². The highest BCUT2D eigenvalue weighted by Gasteiger charge is 2.33. The smallest absolute Gasteiger partial charge is 0.245 e. The van der Waals surface area contributed by atoms with E-state index in [9.17, 15) is 18.0 Å². The summed E-state index contributed by atoms with van der Waals surface area (Å²) in [7, 11) is -3.95. The Balaban J connectivity index is 1.53. The molecule has 0 aromatic heterocycles. The van der Waals surface area contributed by atoms with Gasteiger partial charge in [0.05, 0.1) is 11.4 Å². The van der Waals surface area contributed by atoms with Crippen LogP contribution in [-0.2, 0) is 26.0 Å². The zero-order chi connectivity index (χ0) is 28.0. The van der Waals surface area contributed by atoms with E-state index >= 15 is 0 Å². The normalized spacial score (nSPS) is 14.6. The van der Waals surface area contributed by atoms with Crippen LogP contribution in [0.2, 0.25) is 0 Å². The highest BCUT2D eigenvalue weighted by Crippen LogP contribution is 2.20. The number of nitrogens with zero attached hydrogens (tertiary/aromatic N) is 2. The van der Waals surface area contributed by atoms with Crippen LogP contribution in [0.5, 0.6) is 0 Å². The SMILES string of the molecule is CCN(C(=O)CNS(=O)(=O)c1ccc2ccccc2c1)[C@@H](Cc1ccc(C(=N)N)cc1)C(=O)N1CCCCC1. The number of piperidine rings is 1. The molecule has 1 fully saturated rings. The summed E-state index contributed by atoms with van der Waals surface area (Å²) in [6.45, 7) is 2.84. The minimum Gasteiger partial charge on any atom is -0.384 e. The van der Waals surface area contributed by atoms with Crippen molar-refractivity contribution in [1.82, 2.24) is 14.5 Å². The van der Waals surface area contributed by atoms with Gasteiger partial charge < -0.3 is 15.5 Å². The minimum atomic E-state index is -3.95. The number of nitrogens with two attached hydrogens (primary N) is 1. The van der Waals surface area contributed by atoms with E-state index in [0.29, 0.717) is 18.7 Å². The Bertz CT molecular complexity index is 1450. The van der Waals surface area contributed by atoms with E-state index < -0.39 is 28.5 Å². The predicted molar refractivity (Wildman–Crippen MR) is 152 cm³/mol. The van der Waals surface area contributed by atoms with Gasteiger partial charge in [-0.2, -0.15) is 0 Å². The number of nitrogens with one attached hydrogen (secondary N) is 2. The molecule has 206 valence electrons. The monoisotopic (exact) mass is 549 g/mol. The van der Waals surface area contributed by atoms with Gasteiger partial charge in [0.15, 0.2) is 0 Å². The lowest BCUT2D eigenvalue weighted by molar-refractivity contribution is -0.145. The van der Waals surface area contributed by atoms with E-state index in [1.54, 1.807) is 48.2 Å². The lowest BCUT2D eigenvalue weighted by atomic mass is 10.00. The Morgan fingerprint density at radius 1 is 1.00 bits per heavy atom. The first kappa shape index (κ1) is 28.3. The molecule has 0 radical (unpaired) electrons. The largest absolute Gasteiger partial charge is 0.384 e. The predicted octanol–water partition coefficient (Wildman–Crippen LogP) is 2.87. The van der Waals surface area contributed by atoms with Crippen molar-refractivity contribution >= 4 is 38.4 Å². The Morgan fingerprint density at radius 3 is 2.31 bits per heavy atom. The highest BCUT2D eigenvalue weighted by atomic mass is 32.2. The van der Waals surface area contributed by atoms with Crippen molar-refractivity contribution in [3.05, 3.63) is 77.9 Å². The molecule has 1 aliphatic heterocycles. The number of nitrogen functional groups attached to an aromatic ring is 1. The molecule has 1 aliphatic rings. The maximum atomic E-state index is 13.7. The number of carbonyl (C=O) groups is 2. The second-order valence-electron chi connectivity index (χ2n) is 9.73. The van der Waals surface area contributed by atoms with Crippen LogP contribution in [0, 0.1) is 5.41 Å². The van der Waals surface area contributed by atoms with Gasteiger partial charge in [0.2, 0.25) is 21.8 Å². The van der Waals surface area contributed by atoms with E-state index in [0.717, 1.165) is 35.6 Å². The van der Waals surface area contributed by atoms with Crippen LogP contribution in [0.25, 0.3) is 10.8 Å². The van der Waals surface area contributed by atoms with Gasteiger partial charge in [0.25, 0.3) is 0 Å². The molecule has 39 heavy (non-hydrogen) atoms. The first-order valence-corrected chi connectivity index (χ1v) is 14.7. The van der Waals surface area contributed by atoms with Crippen molar-refractivity contribution in [2.24, 2.45) is 5.73 Å². The number of amidine groups is 1. The fourth-order valence-electron chi connectivity index (χ4n) is 4.95. The number of fused-ring (bicyclic) bond motifs is 1. The molecule has 0 spiro atoms. The quantitative estimate of drug-likeness (QED) is 0.264. The van der Waals surface area contributed by atoms with Gasteiger partial charge in [0.1, 0.15) is 11.9 Å². The molecule has 9 nitrogen and oxygen atoms in total. The van der Waals surface area contributed by atoms with Crippen LogP contribution < -0.4 is 10.5 Å². The molecular weight excluding hydrogens is 514 g/mol. The van der Waals surface area contributed by atoms with Gasteiger partial charge in [-0.15, -0.1) is 0 Å². The summed E-state index contributed by atoms with van der Waals surface area (Å²) < 4.78 is 28.5. The van der Waals surface area contributed by atoms with Crippen LogP contribution in [0.3, 0.4) is 0 Å². The number of benzene rings is 3. The Kier molecular flexibility index (Phi) is 8.98.